The topological polar surface area (TPSA) is 35.5 Å². The Bertz CT molecular complexity index is 341. The Kier molecular flexibility index (Phi) is 5.70. The van der Waals surface area contributed by atoms with Gasteiger partial charge >= 0.3 is 5.97 Å². The second-order valence-corrected chi connectivity index (χ2v) is 4.45. The van der Waals surface area contributed by atoms with Crippen molar-refractivity contribution in [1.29, 1.82) is 0 Å². The first-order chi connectivity index (χ1) is 8.13. The van der Waals surface area contributed by atoms with Crippen LogP contribution < -0.4 is 0 Å². The standard InChI is InChI=1S/C14H20O3/c1-11(2)8-9-17-14(15)13-6-4-12(5-7-13)10-16-3/h4-7,11H,8-10H2,1-3H3. The van der Waals surface area contributed by atoms with Crippen molar-refractivity contribution < 1.29 is 14.3 Å². The molecule has 1 rings (SSSR count). The van der Waals surface area contributed by atoms with E-state index >= 15 is 0 Å². The van der Waals surface area contributed by atoms with Gasteiger partial charge in [0.05, 0.1) is 18.8 Å². The van der Waals surface area contributed by atoms with Gasteiger partial charge in [0.25, 0.3) is 0 Å². The van der Waals surface area contributed by atoms with E-state index in [0.717, 1.165) is 12.0 Å². The van der Waals surface area contributed by atoms with E-state index in [0.29, 0.717) is 24.7 Å². The molecule has 3 heteroatoms. The Morgan fingerprint density at radius 3 is 2.41 bits per heavy atom. The normalized spacial score (nSPS) is 10.6. The van der Waals surface area contributed by atoms with Gasteiger partial charge in [-0.05, 0) is 30.0 Å². The van der Waals surface area contributed by atoms with Gasteiger partial charge in [0.1, 0.15) is 0 Å². The van der Waals surface area contributed by atoms with Crippen LogP contribution in [0.25, 0.3) is 0 Å². The largest absolute Gasteiger partial charge is 0.462 e. The van der Waals surface area contributed by atoms with Crippen LogP contribution in [0.5, 0.6) is 0 Å². The minimum Gasteiger partial charge on any atom is -0.462 e. The quantitative estimate of drug-likeness (QED) is 0.712. The summed E-state index contributed by atoms with van der Waals surface area (Å²) in [5.41, 5.74) is 1.64. The number of esters is 1. The van der Waals surface area contributed by atoms with Crippen LogP contribution in [-0.4, -0.2) is 19.7 Å². The number of methoxy groups -OCH3 is 1. The van der Waals surface area contributed by atoms with Gasteiger partial charge in [-0.15, -0.1) is 0 Å². The summed E-state index contributed by atoms with van der Waals surface area (Å²) in [6.45, 7) is 5.25. The molecule has 0 aromatic heterocycles. The molecule has 1 aromatic rings. The van der Waals surface area contributed by atoms with Crippen LogP contribution in [0.3, 0.4) is 0 Å². The van der Waals surface area contributed by atoms with Crippen LogP contribution in [0, 0.1) is 5.92 Å². The summed E-state index contributed by atoms with van der Waals surface area (Å²) in [5, 5.41) is 0. The van der Waals surface area contributed by atoms with E-state index in [1.54, 1.807) is 19.2 Å². The Labute approximate surface area is 103 Å². The summed E-state index contributed by atoms with van der Waals surface area (Å²) in [4.78, 5) is 11.6. The number of benzene rings is 1. The molecular formula is C14H20O3. The van der Waals surface area contributed by atoms with E-state index in [1.807, 2.05) is 12.1 Å². The van der Waals surface area contributed by atoms with Crippen LogP contribution in [0.1, 0.15) is 36.2 Å². The molecule has 0 bridgehead atoms. The highest BCUT2D eigenvalue weighted by Gasteiger charge is 2.07. The van der Waals surface area contributed by atoms with Crippen molar-refractivity contribution in [2.45, 2.75) is 26.9 Å². The number of ether oxygens (including phenoxy) is 2. The van der Waals surface area contributed by atoms with E-state index in [2.05, 4.69) is 13.8 Å². The van der Waals surface area contributed by atoms with Crippen LogP contribution in [0.15, 0.2) is 24.3 Å². The van der Waals surface area contributed by atoms with Crippen LogP contribution in [0.4, 0.5) is 0 Å². The Hall–Kier alpha value is -1.35. The van der Waals surface area contributed by atoms with Gasteiger partial charge in [-0.25, -0.2) is 4.79 Å². The lowest BCUT2D eigenvalue weighted by molar-refractivity contribution is 0.0488. The third-order valence-corrected chi connectivity index (χ3v) is 2.43. The first-order valence-corrected chi connectivity index (χ1v) is 5.88. The van der Waals surface area contributed by atoms with Crippen LogP contribution >= 0.6 is 0 Å². The van der Waals surface area contributed by atoms with E-state index in [4.69, 9.17) is 9.47 Å². The van der Waals surface area contributed by atoms with Crippen molar-refractivity contribution in [2.75, 3.05) is 13.7 Å². The maximum Gasteiger partial charge on any atom is 0.338 e. The molecule has 0 saturated heterocycles. The van der Waals surface area contributed by atoms with E-state index in [1.165, 1.54) is 0 Å². The molecule has 3 nitrogen and oxygen atoms in total. The minimum absolute atomic E-state index is 0.255. The molecule has 94 valence electrons. The van der Waals surface area contributed by atoms with Crippen molar-refractivity contribution in [2.24, 2.45) is 5.92 Å². The van der Waals surface area contributed by atoms with Crippen molar-refractivity contribution in [1.82, 2.24) is 0 Å². The first kappa shape index (κ1) is 13.7. The monoisotopic (exact) mass is 236 g/mol. The fraction of sp³-hybridized carbons (Fsp3) is 0.500. The average molecular weight is 236 g/mol. The highest BCUT2D eigenvalue weighted by molar-refractivity contribution is 5.89. The number of hydrogen-bond donors (Lipinski definition) is 0. The average Bonchev–Trinajstić information content (AvgIpc) is 2.30. The number of rotatable bonds is 6. The van der Waals surface area contributed by atoms with Crippen molar-refractivity contribution in [3.05, 3.63) is 35.4 Å². The van der Waals surface area contributed by atoms with Gasteiger partial charge in [-0.1, -0.05) is 26.0 Å². The fourth-order valence-corrected chi connectivity index (χ4v) is 1.37. The lowest BCUT2D eigenvalue weighted by Crippen LogP contribution is -2.08. The molecule has 0 aliphatic carbocycles. The van der Waals surface area contributed by atoms with Gasteiger partial charge < -0.3 is 9.47 Å². The van der Waals surface area contributed by atoms with E-state index in [-0.39, 0.29) is 5.97 Å². The van der Waals surface area contributed by atoms with Gasteiger partial charge in [-0.3, -0.25) is 0 Å². The van der Waals surface area contributed by atoms with Crippen molar-refractivity contribution in [3.63, 3.8) is 0 Å². The fourth-order valence-electron chi connectivity index (χ4n) is 1.37. The second-order valence-electron chi connectivity index (χ2n) is 4.45. The second kappa shape index (κ2) is 7.07. The van der Waals surface area contributed by atoms with Gasteiger partial charge in [0.2, 0.25) is 0 Å². The van der Waals surface area contributed by atoms with E-state index < -0.39 is 0 Å². The Morgan fingerprint density at radius 1 is 1.24 bits per heavy atom. The predicted molar refractivity (Wildman–Crippen MR) is 66.9 cm³/mol. The molecule has 0 amide bonds. The molecule has 0 unspecified atom stereocenters. The molecule has 0 aliphatic heterocycles. The molecule has 0 N–H and O–H groups in total. The Balaban J connectivity index is 2.46. The lowest BCUT2D eigenvalue weighted by Gasteiger charge is -2.07. The minimum atomic E-state index is -0.255. The zero-order chi connectivity index (χ0) is 12.7. The maximum atomic E-state index is 11.6. The van der Waals surface area contributed by atoms with E-state index in [9.17, 15) is 4.79 Å². The first-order valence-electron chi connectivity index (χ1n) is 5.88. The van der Waals surface area contributed by atoms with Crippen molar-refractivity contribution in [3.8, 4) is 0 Å². The van der Waals surface area contributed by atoms with Crippen LogP contribution in [0.2, 0.25) is 0 Å². The molecule has 0 atom stereocenters. The summed E-state index contributed by atoms with van der Waals surface area (Å²) >= 11 is 0. The predicted octanol–water partition coefficient (Wildman–Crippen LogP) is 3.04. The molecule has 17 heavy (non-hydrogen) atoms. The molecule has 0 aliphatic rings. The highest BCUT2D eigenvalue weighted by Crippen LogP contribution is 2.08. The molecule has 0 heterocycles. The third kappa shape index (κ3) is 5.00. The summed E-state index contributed by atoms with van der Waals surface area (Å²) < 4.78 is 10.2. The molecular weight excluding hydrogens is 216 g/mol. The van der Waals surface area contributed by atoms with Crippen LogP contribution in [-0.2, 0) is 16.1 Å². The number of carbonyl (C=O) groups is 1. The summed E-state index contributed by atoms with van der Waals surface area (Å²) in [7, 11) is 1.65. The molecule has 1 aromatic carbocycles. The zero-order valence-electron chi connectivity index (χ0n) is 10.7. The third-order valence-electron chi connectivity index (χ3n) is 2.43. The highest BCUT2D eigenvalue weighted by atomic mass is 16.5. The summed E-state index contributed by atoms with van der Waals surface area (Å²) in [6.07, 6.45) is 0.896. The van der Waals surface area contributed by atoms with Gasteiger partial charge in [0.15, 0.2) is 0 Å². The van der Waals surface area contributed by atoms with Gasteiger partial charge in [0, 0.05) is 7.11 Å². The molecule has 0 saturated carbocycles. The Morgan fingerprint density at radius 2 is 1.88 bits per heavy atom. The maximum absolute atomic E-state index is 11.6. The van der Waals surface area contributed by atoms with Crippen molar-refractivity contribution >= 4 is 5.97 Å². The number of hydrogen-bond acceptors (Lipinski definition) is 3. The molecule has 0 radical (unpaired) electrons. The van der Waals surface area contributed by atoms with Gasteiger partial charge in [-0.2, -0.15) is 0 Å². The lowest BCUT2D eigenvalue weighted by atomic mass is 10.1. The molecule has 0 fully saturated rings. The summed E-state index contributed by atoms with van der Waals surface area (Å²) in [5.74, 6) is 0.293. The summed E-state index contributed by atoms with van der Waals surface area (Å²) in [6, 6.07) is 7.29. The SMILES string of the molecule is COCc1ccc(C(=O)OCCC(C)C)cc1. The number of carbonyl (C=O) groups excluding carboxylic acids is 1. The zero-order valence-corrected chi connectivity index (χ0v) is 10.7. The molecule has 0 spiro atoms. The smallest absolute Gasteiger partial charge is 0.338 e.